The molecule has 3 rings (SSSR count). The van der Waals surface area contributed by atoms with E-state index < -0.39 is 0 Å². The lowest BCUT2D eigenvalue weighted by Gasteiger charge is -2.23. The highest BCUT2D eigenvalue weighted by Gasteiger charge is 2.13. The third kappa shape index (κ3) is 4.26. The molecule has 0 aliphatic heterocycles. The number of hydrogen-bond donors (Lipinski definition) is 1. The maximum Gasteiger partial charge on any atom is 0.123 e. The highest BCUT2D eigenvalue weighted by Crippen LogP contribution is 2.28. The van der Waals surface area contributed by atoms with Crippen LogP contribution in [0.3, 0.4) is 0 Å². The number of hydrogen-bond acceptors (Lipinski definition) is 3. The standard InChI is InChI=1S/C22H21FN2OS/c1-3-22(20-14-24-21-10-5-16(15-27)13-19(20)21)25(4-2)11-12-26-18-8-6-17(23)7-9-18/h3-10,13-15,24H,2,11-12H2,1H3/b22-3-. The van der Waals surface area contributed by atoms with E-state index in [1.165, 1.54) is 12.1 Å². The summed E-state index contributed by atoms with van der Waals surface area (Å²) in [6.45, 7) is 6.99. The predicted molar refractivity (Wildman–Crippen MR) is 114 cm³/mol. The lowest BCUT2D eigenvalue weighted by Crippen LogP contribution is -2.22. The molecule has 0 atom stereocenters. The van der Waals surface area contributed by atoms with Gasteiger partial charge in [-0.15, -0.1) is 0 Å². The molecule has 0 saturated carbocycles. The minimum atomic E-state index is -0.277. The highest BCUT2D eigenvalue weighted by atomic mass is 32.1. The molecule has 0 saturated heterocycles. The Bertz CT molecular complexity index is 976. The van der Waals surface area contributed by atoms with Crippen LogP contribution in [-0.4, -0.2) is 28.4 Å². The van der Waals surface area contributed by atoms with E-state index in [-0.39, 0.29) is 5.82 Å². The molecule has 1 heterocycles. The van der Waals surface area contributed by atoms with E-state index in [9.17, 15) is 4.39 Å². The third-order valence-electron chi connectivity index (χ3n) is 4.34. The first kappa shape index (κ1) is 18.9. The van der Waals surface area contributed by atoms with Crippen molar-refractivity contribution in [1.82, 2.24) is 9.88 Å². The Labute approximate surface area is 163 Å². The molecule has 3 nitrogen and oxygen atoms in total. The molecule has 0 aliphatic rings. The summed E-state index contributed by atoms with van der Waals surface area (Å²) in [7, 11) is 0. The van der Waals surface area contributed by atoms with Gasteiger partial charge in [0.15, 0.2) is 0 Å². The zero-order chi connectivity index (χ0) is 19.2. The monoisotopic (exact) mass is 380 g/mol. The molecule has 2 aromatic carbocycles. The number of thiocarbonyl (C=S) groups is 1. The van der Waals surface area contributed by atoms with Gasteiger partial charge < -0.3 is 14.6 Å². The molecular formula is C22H21FN2OS. The molecule has 0 radical (unpaired) electrons. The number of aromatic nitrogens is 1. The molecule has 138 valence electrons. The van der Waals surface area contributed by atoms with Gasteiger partial charge in [-0.25, -0.2) is 4.39 Å². The molecule has 0 unspecified atom stereocenters. The number of H-pyrrole nitrogens is 1. The second kappa shape index (κ2) is 8.64. The van der Waals surface area contributed by atoms with Crippen LogP contribution in [0.1, 0.15) is 18.1 Å². The topological polar surface area (TPSA) is 28.3 Å². The summed E-state index contributed by atoms with van der Waals surface area (Å²) < 4.78 is 18.7. The first-order valence-electron chi connectivity index (χ1n) is 8.67. The molecule has 5 heteroatoms. The Morgan fingerprint density at radius 1 is 1.26 bits per heavy atom. The van der Waals surface area contributed by atoms with Crippen molar-refractivity contribution in [3.8, 4) is 5.75 Å². The lowest BCUT2D eigenvalue weighted by atomic mass is 10.1. The van der Waals surface area contributed by atoms with Gasteiger partial charge in [-0.05, 0) is 55.1 Å². The molecule has 27 heavy (non-hydrogen) atoms. The Balaban J connectivity index is 1.77. The minimum absolute atomic E-state index is 0.277. The lowest BCUT2D eigenvalue weighted by molar-refractivity contribution is 0.288. The van der Waals surface area contributed by atoms with Crippen molar-refractivity contribution in [1.29, 1.82) is 0 Å². The van der Waals surface area contributed by atoms with Crippen LogP contribution in [0.15, 0.2) is 67.5 Å². The molecule has 0 aliphatic carbocycles. The summed E-state index contributed by atoms with van der Waals surface area (Å²) >= 11 is 5.06. The smallest absolute Gasteiger partial charge is 0.123 e. The van der Waals surface area contributed by atoms with E-state index in [2.05, 4.69) is 17.6 Å². The molecule has 1 aromatic heterocycles. The van der Waals surface area contributed by atoms with Gasteiger partial charge >= 0.3 is 0 Å². The van der Waals surface area contributed by atoms with Gasteiger partial charge in [0.05, 0.1) is 6.54 Å². The van der Waals surface area contributed by atoms with E-state index in [1.54, 1.807) is 23.7 Å². The van der Waals surface area contributed by atoms with Gasteiger partial charge in [0.2, 0.25) is 0 Å². The molecule has 0 amide bonds. The van der Waals surface area contributed by atoms with E-state index in [0.717, 1.165) is 27.7 Å². The van der Waals surface area contributed by atoms with Crippen LogP contribution in [0, 0.1) is 5.82 Å². The van der Waals surface area contributed by atoms with Crippen molar-refractivity contribution in [3.05, 3.63) is 84.5 Å². The van der Waals surface area contributed by atoms with Gasteiger partial charge in [-0.1, -0.05) is 30.9 Å². The van der Waals surface area contributed by atoms with Crippen molar-refractivity contribution in [2.45, 2.75) is 6.92 Å². The molecule has 0 bridgehead atoms. The summed E-state index contributed by atoms with van der Waals surface area (Å²) in [5, 5.41) is 2.78. The highest BCUT2D eigenvalue weighted by molar-refractivity contribution is 7.79. The summed E-state index contributed by atoms with van der Waals surface area (Å²) in [5.74, 6) is 0.362. The van der Waals surface area contributed by atoms with Crippen LogP contribution < -0.4 is 4.74 Å². The average Bonchev–Trinajstić information content (AvgIpc) is 3.11. The maximum absolute atomic E-state index is 13.0. The summed E-state index contributed by atoms with van der Waals surface area (Å²) in [5.41, 5.74) is 4.16. The minimum Gasteiger partial charge on any atom is -0.492 e. The van der Waals surface area contributed by atoms with Gasteiger partial charge in [0.25, 0.3) is 0 Å². The van der Waals surface area contributed by atoms with E-state index >= 15 is 0 Å². The number of nitrogens with zero attached hydrogens (tertiary/aromatic N) is 1. The Hall–Kier alpha value is -2.92. The zero-order valence-corrected chi connectivity index (χ0v) is 15.9. The Kier molecular flexibility index (Phi) is 6.04. The summed E-state index contributed by atoms with van der Waals surface area (Å²) in [6, 6.07) is 12.1. The van der Waals surface area contributed by atoms with Crippen molar-refractivity contribution in [2.24, 2.45) is 0 Å². The summed E-state index contributed by atoms with van der Waals surface area (Å²) in [6.07, 6.45) is 5.82. The number of aromatic amines is 1. The first-order chi connectivity index (χ1) is 13.2. The SMILES string of the molecule is C=CN(CCOc1ccc(F)cc1)/C(=C\C)c1c[nH]c2ccc(C=S)cc12. The number of benzene rings is 2. The summed E-state index contributed by atoms with van der Waals surface area (Å²) in [4.78, 5) is 5.34. The van der Waals surface area contributed by atoms with Crippen molar-refractivity contribution >= 4 is 34.2 Å². The molecular weight excluding hydrogens is 359 g/mol. The molecule has 0 spiro atoms. The van der Waals surface area contributed by atoms with E-state index in [4.69, 9.17) is 17.0 Å². The third-order valence-corrected chi connectivity index (χ3v) is 4.61. The van der Waals surface area contributed by atoms with Crippen molar-refractivity contribution < 1.29 is 9.13 Å². The Morgan fingerprint density at radius 2 is 2.04 bits per heavy atom. The number of halogens is 1. The fourth-order valence-electron chi connectivity index (χ4n) is 3.00. The predicted octanol–water partition coefficient (Wildman–Crippen LogP) is 5.54. The number of rotatable bonds is 8. The van der Waals surface area contributed by atoms with Crippen LogP contribution in [0.4, 0.5) is 4.39 Å². The Morgan fingerprint density at radius 3 is 2.70 bits per heavy atom. The number of ether oxygens (including phenoxy) is 1. The van der Waals surface area contributed by atoms with Crippen LogP contribution in [0.5, 0.6) is 5.75 Å². The van der Waals surface area contributed by atoms with Crippen LogP contribution in [0.2, 0.25) is 0 Å². The van der Waals surface area contributed by atoms with E-state index in [1.807, 2.05) is 36.2 Å². The van der Waals surface area contributed by atoms with Crippen molar-refractivity contribution in [3.63, 3.8) is 0 Å². The fraction of sp³-hybridized carbons (Fsp3) is 0.136. The first-order valence-corrected chi connectivity index (χ1v) is 9.14. The molecule has 0 fully saturated rings. The van der Waals surface area contributed by atoms with Gasteiger partial charge in [-0.2, -0.15) is 0 Å². The fourth-order valence-corrected chi connectivity index (χ4v) is 3.15. The number of allylic oxidation sites excluding steroid dienone is 1. The van der Waals surface area contributed by atoms with Gasteiger partial charge in [-0.3, -0.25) is 0 Å². The molecule has 1 N–H and O–H groups in total. The number of nitrogens with one attached hydrogen (secondary N) is 1. The second-order valence-electron chi connectivity index (χ2n) is 5.98. The quantitative estimate of drug-likeness (QED) is 0.520. The average molecular weight is 380 g/mol. The molecule has 3 aromatic rings. The van der Waals surface area contributed by atoms with Crippen molar-refractivity contribution in [2.75, 3.05) is 13.2 Å². The maximum atomic E-state index is 13.0. The number of fused-ring (bicyclic) bond motifs is 1. The van der Waals surface area contributed by atoms with E-state index in [0.29, 0.717) is 18.9 Å². The van der Waals surface area contributed by atoms with Gasteiger partial charge in [0, 0.05) is 33.7 Å². The largest absolute Gasteiger partial charge is 0.492 e. The second-order valence-corrected chi connectivity index (χ2v) is 6.21. The van der Waals surface area contributed by atoms with Crippen LogP contribution >= 0.6 is 12.2 Å². The van der Waals surface area contributed by atoms with Crippen LogP contribution in [-0.2, 0) is 0 Å². The van der Waals surface area contributed by atoms with Crippen LogP contribution in [0.25, 0.3) is 16.6 Å². The van der Waals surface area contributed by atoms with Gasteiger partial charge in [0.1, 0.15) is 18.2 Å². The zero-order valence-electron chi connectivity index (χ0n) is 15.1. The normalized spacial score (nSPS) is 11.4.